The number of hydrogen-bond donors (Lipinski definition) is 3. The first-order chi connectivity index (χ1) is 14.8. The zero-order chi connectivity index (χ0) is 22.4. The van der Waals surface area contributed by atoms with Crippen LogP contribution in [0.15, 0.2) is 42.5 Å². The summed E-state index contributed by atoms with van der Waals surface area (Å²) in [4.78, 5) is 36.5. The first kappa shape index (κ1) is 22.2. The third-order valence-electron chi connectivity index (χ3n) is 5.01. The van der Waals surface area contributed by atoms with Gasteiger partial charge in [0.1, 0.15) is 0 Å². The number of nitrogens with one attached hydrogen (secondary N) is 2. The maximum Gasteiger partial charge on any atom is 0.335 e. The highest BCUT2D eigenvalue weighted by atomic mass is 32.1. The van der Waals surface area contributed by atoms with Crippen LogP contribution >= 0.6 is 12.2 Å². The van der Waals surface area contributed by atoms with Gasteiger partial charge < -0.3 is 15.3 Å². The van der Waals surface area contributed by atoms with E-state index in [0.717, 1.165) is 37.9 Å². The number of anilines is 1. The number of benzene rings is 2. The van der Waals surface area contributed by atoms with Gasteiger partial charge in [0.15, 0.2) is 5.11 Å². The molecule has 1 aliphatic heterocycles. The summed E-state index contributed by atoms with van der Waals surface area (Å²) in [6.45, 7) is 1.85. The standard InChI is InChI=1S/C21H22N4O5S/c26-19(23-21(31)22-13-14-4-6-15(7-5-14)20(27)28)17-12-16(25(29)30)8-9-18(17)24-10-2-1-3-11-24/h4-9,12H,1-3,10-11,13H2,(H,27,28)(H2,22,23,26,31). The van der Waals surface area contributed by atoms with Gasteiger partial charge in [0.25, 0.3) is 11.6 Å². The number of carboxylic acid groups (broad SMARTS) is 1. The van der Waals surface area contributed by atoms with Crippen molar-refractivity contribution in [3.63, 3.8) is 0 Å². The summed E-state index contributed by atoms with van der Waals surface area (Å²) < 4.78 is 0. The summed E-state index contributed by atoms with van der Waals surface area (Å²) in [6, 6.07) is 10.5. The van der Waals surface area contributed by atoms with Crippen LogP contribution in [-0.4, -0.2) is 40.1 Å². The highest BCUT2D eigenvalue weighted by Crippen LogP contribution is 2.28. The second-order valence-electron chi connectivity index (χ2n) is 7.15. The molecule has 1 aliphatic rings. The van der Waals surface area contributed by atoms with E-state index in [1.54, 1.807) is 18.2 Å². The second-order valence-corrected chi connectivity index (χ2v) is 7.55. The molecule has 3 rings (SSSR count). The number of rotatable bonds is 6. The minimum absolute atomic E-state index is 0.0726. The molecule has 0 radical (unpaired) electrons. The normalized spacial score (nSPS) is 13.4. The highest BCUT2D eigenvalue weighted by molar-refractivity contribution is 7.80. The maximum absolute atomic E-state index is 12.9. The fraction of sp³-hybridized carbons (Fsp3) is 0.286. The fourth-order valence-electron chi connectivity index (χ4n) is 3.39. The summed E-state index contributed by atoms with van der Waals surface area (Å²) >= 11 is 5.20. The van der Waals surface area contributed by atoms with Crippen molar-refractivity contribution in [2.45, 2.75) is 25.8 Å². The Hall–Kier alpha value is -3.53. The van der Waals surface area contributed by atoms with Gasteiger partial charge in [0.05, 0.1) is 21.7 Å². The molecule has 9 nitrogen and oxygen atoms in total. The van der Waals surface area contributed by atoms with Gasteiger partial charge in [-0.3, -0.25) is 20.2 Å². The number of amides is 1. The van der Waals surface area contributed by atoms with Crippen molar-refractivity contribution in [1.29, 1.82) is 0 Å². The molecule has 1 heterocycles. The minimum Gasteiger partial charge on any atom is -0.478 e. The molecular weight excluding hydrogens is 420 g/mol. The number of nitro groups is 1. The highest BCUT2D eigenvalue weighted by Gasteiger charge is 2.22. The van der Waals surface area contributed by atoms with Crippen molar-refractivity contribution in [2.75, 3.05) is 18.0 Å². The number of thiocarbonyl (C=S) groups is 1. The molecule has 0 spiro atoms. The van der Waals surface area contributed by atoms with Gasteiger partial charge in [-0.05, 0) is 55.2 Å². The van der Waals surface area contributed by atoms with Gasteiger partial charge in [-0.15, -0.1) is 0 Å². The molecule has 0 aromatic heterocycles. The first-order valence-electron chi connectivity index (χ1n) is 9.80. The van der Waals surface area contributed by atoms with Crippen LogP contribution in [0.4, 0.5) is 11.4 Å². The third kappa shape index (κ3) is 5.76. The lowest BCUT2D eigenvalue weighted by molar-refractivity contribution is -0.384. The Morgan fingerprint density at radius 3 is 2.39 bits per heavy atom. The number of carbonyl (C=O) groups is 2. The van der Waals surface area contributed by atoms with Gasteiger partial charge in [0, 0.05) is 31.8 Å². The molecule has 0 atom stereocenters. The zero-order valence-electron chi connectivity index (χ0n) is 16.7. The Kier molecular flexibility index (Phi) is 7.14. The smallest absolute Gasteiger partial charge is 0.335 e. The summed E-state index contributed by atoms with van der Waals surface area (Å²) in [5.41, 5.74) is 1.64. The van der Waals surface area contributed by atoms with Crippen LogP contribution in [0.5, 0.6) is 0 Å². The number of piperidine rings is 1. The molecule has 1 amide bonds. The summed E-state index contributed by atoms with van der Waals surface area (Å²) in [6.07, 6.45) is 3.11. The molecule has 2 aromatic carbocycles. The van der Waals surface area contributed by atoms with E-state index < -0.39 is 16.8 Å². The fourth-order valence-corrected chi connectivity index (χ4v) is 3.56. The Labute approximate surface area is 184 Å². The van der Waals surface area contributed by atoms with Gasteiger partial charge in [-0.2, -0.15) is 0 Å². The van der Waals surface area contributed by atoms with E-state index in [2.05, 4.69) is 15.5 Å². The predicted octanol–water partition coefficient (Wildman–Crippen LogP) is 3.09. The van der Waals surface area contributed by atoms with E-state index in [4.69, 9.17) is 17.3 Å². The summed E-state index contributed by atoms with van der Waals surface area (Å²) in [5.74, 6) is -1.54. The third-order valence-corrected chi connectivity index (χ3v) is 5.26. The van der Waals surface area contributed by atoms with Crippen LogP contribution in [0.1, 0.15) is 45.5 Å². The van der Waals surface area contributed by atoms with Crippen molar-refractivity contribution in [2.24, 2.45) is 0 Å². The van der Waals surface area contributed by atoms with Crippen LogP contribution in [0.25, 0.3) is 0 Å². The van der Waals surface area contributed by atoms with E-state index in [1.807, 2.05) is 0 Å². The number of non-ortho nitro benzene ring substituents is 1. The molecule has 0 bridgehead atoms. The number of aromatic carboxylic acids is 1. The SMILES string of the molecule is O=C(O)c1ccc(CNC(=S)NC(=O)c2cc([N+](=O)[O-])ccc2N2CCCCC2)cc1. The van der Waals surface area contributed by atoms with Crippen molar-refractivity contribution in [1.82, 2.24) is 10.6 Å². The molecule has 1 fully saturated rings. The van der Waals surface area contributed by atoms with Crippen LogP contribution in [0.3, 0.4) is 0 Å². The van der Waals surface area contributed by atoms with Gasteiger partial charge >= 0.3 is 5.97 Å². The van der Waals surface area contributed by atoms with E-state index in [9.17, 15) is 19.7 Å². The number of nitrogens with zero attached hydrogens (tertiary/aromatic N) is 2. The van der Waals surface area contributed by atoms with E-state index in [0.29, 0.717) is 5.69 Å². The van der Waals surface area contributed by atoms with Crippen molar-refractivity contribution in [3.05, 3.63) is 69.3 Å². The summed E-state index contributed by atoms with van der Waals surface area (Å²) in [7, 11) is 0. The lowest BCUT2D eigenvalue weighted by Gasteiger charge is -2.30. The molecule has 162 valence electrons. The lowest BCUT2D eigenvalue weighted by Crippen LogP contribution is -2.40. The lowest BCUT2D eigenvalue weighted by atomic mass is 10.1. The topological polar surface area (TPSA) is 125 Å². The molecular formula is C21H22N4O5S. The number of hydrogen-bond acceptors (Lipinski definition) is 6. The molecule has 0 aliphatic carbocycles. The molecule has 10 heteroatoms. The Morgan fingerprint density at radius 1 is 1.10 bits per heavy atom. The van der Waals surface area contributed by atoms with Crippen LogP contribution in [-0.2, 0) is 6.54 Å². The van der Waals surface area contributed by atoms with E-state index in [1.165, 1.54) is 24.3 Å². The summed E-state index contributed by atoms with van der Waals surface area (Å²) in [5, 5.41) is 25.7. The quantitative estimate of drug-likeness (QED) is 0.354. The Morgan fingerprint density at radius 2 is 1.77 bits per heavy atom. The van der Waals surface area contributed by atoms with E-state index in [-0.39, 0.29) is 28.5 Å². The van der Waals surface area contributed by atoms with Crippen molar-refractivity contribution >= 4 is 40.6 Å². The van der Waals surface area contributed by atoms with Crippen LogP contribution in [0.2, 0.25) is 0 Å². The largest absolute Gasteiger partial charge is 0.478 e. The molecule has 1 saturated heterocycles. The van der Waals surface area contributed by atoms with Crippen LogP contribution < -0.4 is 15.5 Å². The number of nitro benzene ring substituents is 1. The van der Waals surface area contributed by atoms with E-state index >= 15 is 0 Å². The Bertz CT molecular complexity index is 1000. The first-order valence-corrected chi connectivity index (χ1v) is 10.2. The Balaban J connectivity index is 1.69. The van der Waals surface area contributed by atoms with Crippen molar-refractivity contribution < 1.29 is 19.6 Å². The maximum atomic E-state index is 12.9. The van der Waals surface area contributed by atoms with Gasteiger partial charge in [0.2, 0.25) is 0 Å². The monoisotopic (exact) mass is 442 g/mol. The van der Waals surface area contributed by atoms with Gasteiger partial charge in [-0.25, -0.2) is 4.79 Å². The number of carboxylic acids is 1. The van der Waals surface area contributed by atoms with Gasteiger partial charge in [-0.1, -0.05) is 12.1 Å². The average molecular weight is 442 g/mol. The minimum atomic E-state index is -1.01. The molecule has 2 aromatic rings. The number of carbonyl (C=O) groups excluding carboxylic acids is 1. The molecule has 0 saturated carbocycles. The molecule has 31 heavy (non-hydrogen) atoms. The molecule has 0 unspecified atom stereocenters. The zero-order valence-corrected chi connectivity index (χ0v) is 17.5. The van der Waals surface area contributed by atoms with Crippen LogP contribution in [0, 0.1) is 10.1 Å². The van der Waals surface area contributed by atoms with Crippen molar-refractivity contribution in [3.8, 4) is 0 Å². The average Bonchev–Trinajstić information content (AvgIpc) is 2.78. The molecule has 3 N–H and O–H groups in total. The predicted molar refractivity (Wildman–Crippen MR) is 119 cm³/mol. The second kappa shape index (κ2) is 9.98.